The van der Waals surface area contributed by atoms with Gasteiger partial charge in [-0.3, -0.25) is 9.78 Å². The Balaban J connectivity index is 1.70. The largest absolute Gasteiger partial charge is 0.344 e. The van der Waals surface area contributed by atoms with Gasteiger partial charge in [0.1, 0.15) is 5.69 Å². The Hall–Kier alpha value is -3.73. The fourth-order valence-electron chi connectivity index (χ4n) is 3.04. The van der Waals surface area contributed by atoms with Gasteiger partial charge in [0.05, 0.1) is 17.4 Å². The van der Waals surface area contributed by atoms with Gasteiger partial charge < -0.3 is 5.32 Å². The zero-order valence-electron chi connectivity index (χ0n) is 15.5. The minimum Gasteiger partial charge on any atom is -0.344 e. The van der Waals surface area contributed by atoms with Gasteiger partial charge in [0.25, 0.3) is 5.91 Å². The van der Waals surface area contributed by atoms with E-state index >= 15 is 0 Å². The van der Waals surface area contributed by atoms with Gasteiger partial charge in [0.15, 0.2) is 0 Å². The molecule has 1 amide bonds. The van der Waals surface area contributed by atoms with Crippen molar-refractivity contribution in [2.75, 3.05) is 0 Å². The van der Waals surface area contributed by atoms with Gasteiger partial charge in [-0.05, 0) is 36.8 Å². The van der Waals surface area contributed by atoms with Gasteiger partial charge in [0.2, 0.25) is 0 Å². The summed E-state index contributed by atoms with van der Waals surface area (Å²) in [5, 5.41) is 7.74. The number of carbonyl (C=O) groups excluding carboxylic acids is 1. The number of benzene rings is 2. The van der Waals surface area contributed by atoms with E-state index in [4.69, 9.17) is 5.10 Å². The zero-order valence-corrected chi connectivity index (χ0v) is 15.5. The van der Waals surface area contributed by atoms with Crippen molar-refractivity contribution in [3.63, 3.8) is 0 Å². The quantitative estimate of drug-likeness (QED) is 0.567. The van der Waals surface area contributed by atoms with E-state index in [1.807, 2.05) is 85.8 Å². The number of aromatic nitrogens is 3. The Kier molecular flexibility index (Phi) is 4.97. The molecule has 0 aliphatic carbocycles. The first-order valence-corrected chi connectivity index (χ1v) is 9.14. The maximum absolute atomic E-state index is 13.1. The van der Waals surface area contributed by atoms with E-state index in [1.165, 1.54) is 0 Å². The molecule has 5 nitrogen and oxygen atoms in total. The normalized spacial score (nSPS) is 11.8. The molecule has 138 valence electrons. The molecule has 0 saturated heterocycles. The lowest BCUT2D eigenvalue weighted by Crippen LogP contribution is -2.28. The summed E-state index contributed by atoms with van der Waals surface area (Å²) in [5.41, 5.74) is 3.99. The Labute approximate surface area is 163 Å². The molecule has 4 rings (SSSR count). The van der Waals surface area contributed by atoms with Gasteiger partial charge in [-0.15, -0.1) is 0 Å². The molecule has 0 radical (unpaired) electrons. The summed E-state index contributed by atoms with van der Waals surface area (Å²) < 4.78 is 1.69. The fraction of sp³-hybridized carbons (Fsp3) is 0.0870. The maximum atomic E-state index is 13.1. The number of para-hydroxylation sites is 1. The molecule has 1 atom stereocenters. The lowest BCUT2D eigenvalue weighted by Gasteiger charge is -2.14. The van der Waals surface area contributed by atoms with E-state index < -0.39 is 0 Å². The van der Waals surface area contributed by atoms with Crippen molar-refractivity contribution in [2.45, 2.75) is 13.0 Å². The van der Waals surface area contributed by atoms with Crippen molar-refractivity contribution in [2.24, 2.45) is 0 Å². The van der Waals surface area contributed by atoms with E-state index in [9.17, 15) is 4.79 Å². The van der Waals surface area contributed by atoms with E-state index in [-0.39, 0.29) is 11.9 Å². The van der Waals surface area contributed by atoms with Crippen LogP contribution in [0, 0.1) is 0 Å². The van der Waals surface area contributed by atoms with Crippen LogP contribution in [0.25, 0.3) is 16.9 Å². The summed E-state index contributed by atoms with van der Waals surface area (Å²) in [6.45, 7) is 1.94. The van der Waals surface area contributed by atoms with Crippen molar-refractivity contribution in [3.8, 4) is 16.9 Å². The highest BCUT2D eigenvalue weighted by Gasteiger charge is 2.19. The molecule has 28 heavy (non-hydrogen) atoms. The predicted molar refractivity (Wildman–Crippen MR) is 109 cm³/mol. The Morgan fingerprint density at radius 3 is 2.36 bits per heavy atom. The number of carbonyl (C=O) groups is 1. The predicted octanol–water partition coefficient (Wildman–Crippen LogP) is 4.43. The van der Waals surface area contributed by atoms with Crippen LogP contribution in [0.2, 0.25) is 0 Å². The van der Waals surface area contributed by atoms with Crippen LogP contribution in [-0.2, 0) is 0 Å². The number of nitrogens with one attached hydrogen (secondary N) is 1. The SMILES string of the molecule is CC(NC(=O)c1cc(-c2ccccc2)nn1-c1ccccc1)c1cccnc1. The fourth-order valence-corrected chi connectivity index (χ4v) is 3.04. The van der Waals surface area contributed by atoms with E-state index in [1.54, 1.807) is 17.1 Å². The van der Waals surface area contributed by atoms with E-state index in [2.05, 4.69) is 10.3 Å². The van der Waals surface area contributed by atoms with Crippen molar-refractivity contribution < 1.29 is 4.79 Å². The number of amides is 1. The summed E-state index contributed by atoms with van der Waals surface area (Å²) in [5.74, 6) is -0.185. The molecule has 5 heteroatoms. The zero-order chi connectivity index (χ0) is 19.3. The number of rotatable bonds is 5. The molecular formula is C23H20N4O. The first kappa shape index (κ1) is 17.7. The summed E-state index contributed by atoms with van der Waals surface area (Å²) in [6.07, 6.45) is 3.48. The first-order chi connectivity index (χ1) is 13.7. The lowest BCUT2D eigenvalue weighted by molar-refractivity contribution is 0.0932. The standard InChI is InChI=1S/C23H20N4O/c1-17(19-11-8-14-24-16-19)25-23(28)22-15-21(18-9-4-2-5-10-18)26-27(22)20-12-6-3-7-13-20/h2-17H,1H3,(H,25,28). The highest BCUT2D eigenvalue weighted by atomic mass is 16.2. The Morgan fingerprint density at radius 1 is 0.964 bits per heavy atom. The molecule has 2 heterocycles. The molecular weight excluding hydrogens is 348 g/mol. The summed E-state index contributed by atoms with van der Waals surface area (Å²) in [6, 6.07) is 25.0. The van der Waals surface area contributed by atoms with Gasteiger partial charge >= 0.3 is 0 Å². The van der Waals surface area contributed by atoms with Crippen LogP contribution < -0.4 is 5.32 Å². The highest BCUT2D eigenvalue weighted by molar-refractivity contribution is 5.94. The molecule has 2 aromatic heterocycles. The third kappa shape index (κ3) is 3.69. The second-order valence-electron chi connectivity index (χ2n) is 6.51. The number of nitrogens with zero attached hydrogens (tertiary/aromatic N) is 3. The number of hydrogen-bond acceptors (Lipinski definition) is 3. The third-order valence-corrected chi connectivity index (χ3v) is 4.54. The topological polar surface area (TPSA) is 59.8 Å². The van der Waals surface area contributed by atoms with Gasteiger partial charge in [-0.1, -0.05) is 54.6 Å². The molecule has 2 aromatic carbocycles. The van der Waals surface area contributed by atoms with Crippen LogP contribution in [0.3, 0.4) is 0 Å². The molecule has 0 fully saturated rings. The Morgan fingerprint density at radius 2 is 1.68 bits per heavy atom. The van der Waals surface area contributed by atoms with E-state index in [0.717, 1.165) is 22.5 Å². The average Bonchev–Trinajstić information content (AvgIpc) is 3.21. The maximum Gasteiger partial charge on any atom is 0.270 e. The van der Waals surface area contributed by atoms with Crippen molar-refractivity contribution >= 4 is 5.91 Å². The third-order valence-electron chi connectivity index (χ3n) is 4.54. The van der Waals surface area contributed by atoms with Crippen LogP contribution in [0.5, 0.6) is 0 Å². The smallest absolute Gasteiger partial charge is 0.270 e. The van der Waals surface area contributed by atoms with Crippen molar-refractivity contribution in [1.82, 2.24) is 20.1 Å². The summed E-state index contributed by atoms with van der Waals surface area (Å²) in [4.78, 5) is 17.2. The number of hydrogen-bond donors (Lipinski definition) is 1. The molecule has 0 spiro atoms. The molecule has 1 unspecified atom stereocenters. The van der Waals surface area contributed by atoms with Crippen LogP contribution in [-0.4, -0.2) is 20.7 Å². The lowest BCUT2D eigenvalue weighted by atomic mass is 10.1. The molecule has 0 bridgehead atoms. The summed E-state index contributed by atoms with van der Waals surface area (Å²) in [7, 11) is 0. The molecule has 0 aliphatic heterocycles. The Bertz CT molecular complexity index is 1060. The molecule has 0 saturated carbocycles. The van der Waals surface area contributed by atoms with Crippen LogP contribution >= 0.6 is 0 Å². The van der Waals surface area contributed by atoms with Gasteiger partial charge in [0, 0.05) is 18.0 Å². The second-order valence-corrected chi connectivity index (χ2v) is 6.51. The van der Waals surface area contributed by atoms with Gasteiger partial charge in [-0.25, -0.2) is 4.68 Å². The van der Waals surface area contributed by atoms with Gasteiger partial charge in [-0.2, -0.15) is 5.10 Å². The average molecular weight is 368 g/mol. The van der Waals surface area contributed by atoms with Crippen LogP contribution in [0.1, 0.15) is 29.0 Å². The monoisotopic (exact) mass is 368 g/mol. The highest BCUT2D eigenvalue weighted by Crippen LogP contribution is 2.22. The van der Waals surface area contributed by atoms with Crippen molar-refractivity contribution in [1.29, 1.82) is 0 Å². The van der Waals surface area contributed by atoms with E-state index in [0.29, 0.717) is 5.69 Å². The minimum atomic E-state index is -0.185. The second kappa shape index (κ2) is 7.88. The molecule has 0 aliphatic rings. The summed E-state index contributed by atoms with van der Waals surface area (Å²) >= 11 is 0. The first-order valence-electron chi connectivity index (χ1n) is 9.14. The van der Waals surface area contributed by atoms with Crippen LogP contribution in [0.15, 0.2) is 91.3 Å². The molecule has 4 aromatic rings. The minimum absolute atomic E-state index is 0.166. The van der Waals surface area contributed by atoms with Crippen LogP contribution in [0.4, 0.5) is 0 Å². The molecule has 1 N–H and O–H groups in total. The van der Waals surface area contributed by atoms with Crippen molar-refractivity contribution in [3.05, 3.63) is 103 Å². The number of pyridine rings is 1.